The number of carbonyl (C=O) groups excluding carboxylic acids is 3. The number of benzene rings is 3. The summed E-state index contributed by atoms with van der Waals surface area (Å²) in [6.07, 6.45) is 1.15. The van der Waals surface area contributed by atoms with Crippen molar-refractivity contribution in [1.29, 1.82) is 0 Å². The lowest BCUT2D eigenvalue weighted by Gasteiger charge is -2.36. The van der Waals surface area contributed by atoms with E-state index >= 15 is 0 Å². The Bertz CT molecular complexity index is 1560. The molecule has 4 amide bonds. The predicted molar refractivity (Wildman–Crippen MR) is 143 cm³/mol. The van der Waals surface area contributed by atoms with Crippen molar-refractivity contribution in [2.75, 3.05) is 11.4 Å². The number of nitrogens with one attached hydrogen (secondary N) is 2. The van der Waals surface area contributed by atoms with Crippen LogP contribution in [0.4, 0.5) is 10.5 Å². The van der Waals surface area contributed by atoms with E-state index in [4.69, 9.17) is 11.6 Å². The lowest BCUT2D eigenvalue weighted by molar-refractivity contribution is -0.120. The minimum Gasteiger partial charge on any atom is -0.356 e. The molecule has 7 nitrogen and oxygen atoms in total. The number of anilines is 1. The fraction of sp³-hybridized carbons (Fsp3) is 0.207. The van der Waals surface area contributed by atoms with Crippen LogP contribution >= 0.6 is 11.6 Å². The Hall–Kier alpha value is -4.10. The SMILES string of the molecule is CCCNC(=O)c1ccccc1N1C(=O)C2Cc3c([nH]c4ccccc34)C(c3cccc(Cl)c3)N2C1=O. The number of H-pyrrole nitrogens is 1. The van der Waals surface area contributed by atoms with Crippen molar-refractivity contribution in [2.24, 2.45) is 0 Å². The van der Waals surface area contributed by atoms with Crippen LogP contribution in [0.25, 0.3) is 10.9 Å². The minimum atomic E-state index is -0.713. The zero-order chi connectivity index (χ0) is 25.7. The van der Waals surface area contributed by atoms with Gasteiger partial charge in [0, 0.05) is 34.6 Å². The average Bonchev–Trinajstić information content (AvgIpc) is 3.40. The number of urea groups is 1. The van der Waals surface area contributed by atoms with Crippen molar-refractivity contribution < 1.29 is 14.4 Å². The first-order valence-electron chi connectivity index (χ1n) is 12.4. The highest BCUT2D eigenvalue weighted by Crippen LogP contribution is 2.45. The molecule has 1 saturated heterocycles. The van der Waals surface area contributed by atoms with E-state index in [1.807, 2.05) is 49.4 Å². The van der Waals surface area contributed by atoms with Crippen LogP contribution in [-0.2, 0) is 11.2 Å². The number of halogens is 1. The zero-order valence-corrected chi connectivity index (χ0v) is 21.0. The lowest BCUT2D eigenvalue weighted by Crippen LogP contribution is -2.44. The Balaban J connectivity index is 1.49. The van der Waals surface area contributed by atoms with Crippen molar-refractivity contribution in [1.82, 2.24) is 15.2 Å². The van der Waals surface area contributed by atoms with Gasteiger partial charge >= 0.3 is 6.03 Å². The van der Waals surface area contributed by atoms with Gasteiger partial charge in [0.1, 0.15) is 12.1 Å². The van der Waals surface area contributed by atoms with E-state index in [2.05, 4.69) is 10.3 Å². The molecule has 6 rings (SSSR count). The quantitative estimate of drug-likeness (QED) is 0.349. The Kier molecular flexibility index (Phi) is 5.72. The van der Waals surface area contributed by atoms with Gasteiger partial charge in [-0.05, 0) is 47.9 Å². The first-order valence-corrected chi connectivity index (χ1v) is 12.8. The Morgan fingerprint density at radius 2 is 1.84 bits per heavy atom. The van der Waals surface area contributed by atoms with Gasteiger partial charge in [-0.1, -0.05) is 61.0 Å². The summed E-state index contributed by atoms with van der Waals surface area (Å²) < 4.78 is 0. The van der Waals surface area contributed by atoms with Gasteiger partial charge < -0.3 is 10.3 Å². The molecule has 0 aliphatic carbocycles. The van der Waals surface area contributed by atoms with Crippen molar-refractivity contribution >= 4 is 46.0 Å². The highest BCUT2D eigenvalue weighted by molar-refractivity contribution is 6.30. The highest BCUT2D eigenvalue weighted by atomic mass is 35.5. The Morgan fingerprint density at radius 3 is 2.65 bits per heavy atom. The normalized spacial score (nSPS) is 18.8. The molecule has 0 saturated carbocycles. The van der Waals surface area contributed by atoms with Crippen LogP contribution in [0, 0.1) is 0 Å². The summed E-state index contributed by atoms with van der Waals surface area (Å²) in [7, 11) is 0. The average molecular weight is 513 g/mol. The molecular weight excluding hydrogens is 488 g/mol. The second kappa shape index (κ2) is 9.09. The number of para-hydroxylation sites is 2. The van der Waals surface area contributed by atoms with Gasteiger partial charge in [0.15, 0.2) is 0 Å². The Morgan fingerprint density at radius 1 is 1.05 bits per heavy atom. The molecule has 0 bridgehead atoms. The molecule has 3 aromatic carbocycles. The van der Waals surface area contributed by atoms with Gasteiger partial charge in [-0.25, -0.2) is 9.69 Å². The molecule has 2 aliphatic heterocycles. The molecule has 1 aromatic heterocycles. The number of aromatic nitrogens is 1. The van der Waals surface area contributed by atoms with Crippen molar-refractivity contribution in [2.45, 2.75) is 31.8 Å². The number of nitrogens with zero attached hydrogens (tertiary/aromatic N) is 2. The van der Waals surface area contributed by atoms with E-state index in [9.17, 15) is 14.4 Å². The van der Waals surface area contributed by atoms with E-state index in [0.717, 1.165) is 39.0 Å². The summed E-state index contributed by atoms with van der Waals surface area (Å²) in [6, 6.07) is 20.4. The number of aromatic amines is 1. The number of amides is 4. The van der Waals surface area contributed by atoms with Crippen LogP contribution in [0.1, 0.15) is 46.6 Å². The summed E-state index contributed by atoms with van der Waals surface area (Å²) >= 11 is 6.36. The second-order valence-corrected chi connectivity index (χ2v) is 9.81. The maximum Gasteiger partial charge on any atom is 0.332 e. The number of hydrogen-bond acceptors (Lipinski definition) is 3. The van der Waals surface area contributed by atoms with Crippen LogP contribution in [0.15, 0.2) is 72.8 Å². The first-order chi connectivity index (χ1) is 18.0. The van der Waals surface area contributed by atoms with Gasteiger partial charge in [-0.2, -0.15) is 0 Å². The molecule has 2 aliphatic rings. The summed E-state index contributed by atoms with van der Waals surface area (Å²) in [4.78, 5) is 47.3. The monoisotopic (exact) mass is 512 g/mol. The molecule has 186 valence electrons. The van der Waals surface area contributed by atoms with Crippen LogP contribution in [0.3, 0.4) is 0 Å². The van der Waals surface area contributed by atoms with Crippen LogP contribution in [0.5, 0.6) is 0 Å². The van der Waals surface area contributed by atoms with Gasteiger partial charge in [0.25, 0.3) is 11.8 Å². The van der Waals surface area contributed by atoms with E-state index < -0.39 is 18.1 Å². The molecule has 4 aromatic rings. The largest absolute Gasteiger partial charge is 0.356 e. The number of carbonyl (C=O) groups is 3. The molecule has 0 radical (unpaired) electrons. The van der Waals surface area contributed by atoms with E-state index in [-0.39, 0.29) is 11.8 Å². The third-order valence-corrected chi connectivity index (χ3v) is 7.37. The topological polar surface area (TPSA) is 85.5 Å². The first kappa shape index (κ1) is 23.3. The van der Waals surface area contributed by atoms with E-state index in [0.29, 0.717) is 29.2 Å². The second-order valence-electron chi connectivity index (χ2n) is 9.38. The van der Waals surface area contributed by atoms with Crippen LogP contribution in [0.2, 0.25) is 5.02 Å². The zero-order valence-electron chi connectivity index (χ0n) is 20.2. The molecule has 2 unspecified atom stereocenters. The number of fused-ring (bicyclic) bond motifs is 4. The highest BCUT2D eigenvalue weighted by Gasteiger charge is 2.53. The van der Waals surface area contributed by atoms with E-state index in [1.165, 1.54) is 0 Å². The summed E-state index contributed by atoms with van der Waals surface area (Å²) in [5.41, 5.74) is 4.23. The Labute approximate surface area is 219 Å². The maximum atomic E-state index is 14.1. The molecular formula is C29H25ClN4O3. The molecule has 3 heterocycles. The number of imide groups is 1. The van der Waals surface area contributed by atoms with Gasteiger partial charge in [-0.3, -0.25) is 14.5 Å². The summed E-state index contributed by atoms with van der Waals surface area (Å²) in [6.45, 7) is 2.47. The van der Waals surface area contributed by atoms with Gasteiger partial charge in [0.2, 0.25) is 0 Å². The molecule has 0 spiro atoms. The fourth-order valence-electron chi connectivity index (χ4n) is 5.51. The minimum absolute atomic E-state index is 0.291. The maximum absolute atomic E-state index is 14.1. The molecule has 1 fully saturated rings. The predicted octanol–water partition coefficient (Wildman–Crippen LogP) is 5.44. The smallest absolute Gasteiger partial charge is 0.332 e. The number of rotatable bonds is 5. The molecule has 8 heteroatoms. The van der Waals surface area contributed by atoms with E-state index in [1.54, 1.807) is 35.2 Å². The third-order valence-electron chi connectivity index (χ3n) is 7.14. The molecule has 2 N–H and O–H groups in total. The summed E-state index contributed by atoms with van der Waals surface area (Å²) in [5, 5.41) is 4.43. The number of hydrogen-bond donors (Lipinski definition) is 2. The molecule has 37 heavy (non-hydrogen) atoms. The van der Waals surface area contributed by atoms with Crippen LogP contribution in [-0.4, -0.2) is 40.3 Å². The standard InChI is InChI=1S/C29H25ClN4O3/c1-2-14-31-27(35)20-11-4-6-13-23(20)34-28(36)24-16-21-19-10-3-5-12-22(19)32-25(21)26(33(24)29(34)37)17-8-7-9-18(30)15-17/h3-13,15,24,26,32H,2,14,16H2,1H3,(H,31,35). The van der Waals surface area contributed by atoms with Crippen molar-refractivity contribution in [3.8, 4) is 0 Å². The van der Waals surface area contributed by atoms with Crippen molar-refractivity contribution in [3.05, 3.63) is 100 Å². The molecule has 2 atom stereocenters. The third kappa shape index (κ3) is 3.69. The fourth-order valence-corrected chi connectivity index (χ4v) is 5.71. The van der Waals surface area contributed by atoms with Crippen molar-refractivity contribution in [3.63, 3.8) is 0 Å². The lowest BCUT2D eigenvalue weighted by atomic mass is 9.89. The summed E-state index contributed by atoms with van der Waals surface area (Å²) in [5.74, 6) is -0.658. The van der Waals surface area contributed by atoms with Gasteiger partial charge in [-0.15, -0.1) is 0 Å². The van der Waals surface area contributed by atoms with Crippen LogP contribution < -0.4 is 10.2 Å². The van der Waals surface area contributed by atoms with Gasteiger partial charge in [0.05, 0.1) is 11.3 Å².